The fourth-order valence-corrected chi connectivity index (χ4v) is 4.48. The SMILES string of the molecule is COCCc1nc2c(N)nc(C)c(C)c2n1CCCCS(=O)(=O)c1ncccn1. The number of methoxy groups -OCH3 is 1. The Bertz CT molecular complexity index is 1100. The molecule has 0 bridgehead atoms. The van der Waals surface area contributed by atoms with Crippen LogP contribution in [0.15, 0.2) is 23.6 Å². The minimum atomic E-state index is -3.49. The van der Waals surface area contributed by atoms with Crippen LogP contribution < -0.4 is 5.73 Å². The molecule has 0 atom stereocenters. The van der Waals surface area contributed by atoms with Gasteiger partial charge >= 0.3 is 0 Å². The first-order valence-corrected chi connectivity index (χ1v) is 11.1. The zero-order valence-electron chi connectivity index (χ0n) is 16.9. The van der Waals surface area contributed by atoms with E-state index in [-0.39, 0.29) is 10.9 Å². The number of sulfone groups is 1. The van der Waals surface area contributed by atoms with E-state index >= 15 is 0 Å². The van der Waals surface area contributed by atoms with Crippen LogP contribution in [0.25, 0.3) is 11.0 Å². The third-order valence-electron chi connectivity index (χ3n) is 4.87. The second kappa shape index (κ2) is 8.83. The molecular formula is C19H26N6O3S. The Balaban J connectivity index is 1.80. The maximum Gasteiger partial charge on any atom is 0.246 e. The molecule has 0 radical (unpaired) electrons. The summed E-state index contributed by atoms with van der Waals surface area (Å²) in [6.45, 7) is 5.09. The number of nitrogens with two attached hydrogens (primary N) is 1. The standard InChI is InChI=1S/C19H26N6O3S/c1-13-14(2)23-18(20)16-17(13)25(15(24-16)7-11-28-3)10-4-5-12-29(26,27)19-21-8-6-9-22-19/h6,8-9H,4-5,7,10-12H2,1-3H3,(H2,20,23). The van der Waals surface area contributed by atoms with Gasteiger partial charge in [0.2, 0.25) is 15.0 Å². The van der Waals surface area contributed by atoms with Crippen molar-refractivity contribution in [3.05, 3.63) is 35.5 Å². The van der Waals surface area contributed by atoms with Crippen molar-refractivity contribution in [1.29, 1.82) is 0 Å². The van der Waals surface area contributed by atoms with Gasteiger partial charge in [-0.15, -0.1) is 0 Å². The van der Waals surface area contributed by atoms with Crippen molar-refractivity contribution < 1.29 is 13.2 Å². The van der Waals surface area contributed by atoms with Crippen LogP contribution in [0.3, 0.4) is 0 Å². The molecule has 0 amide bonds. The van der Waals surface area contributed by atoms with E-state index in [1.807, 2.05) is 13.8 Å². The molecule has 0 aromatic carbocycles. The molecule has 0 spiro atoms. The van der Waals surface area contributed by atoms with E-state index in [0.717, 1.165) is 22.6 Å². The minimum Gasteiger partial charge on any atom is -0.384 e. The number of anilines is 1. The van der Waals surface area contributed by atoms with Crippen molar-refractivity contribution in [3.63, 3.8) is 0 Å². The van der Waals surface area contributed by atoms with Crippen LogP contribution in [-0.2, 0) is 27.5 Å². The third kappa shape index (κ3) is 4.54. The molecule has 3 rings (SSSR count). The predicted molar refractivity (Wildman–Crippen MR) is 110 cm³/mol. The topological polar surface area (TPSA) is 126 Å². The number of hydrogen-bond acceptors (Lipinski definition) is 8. The van der Waals surface area contributed by atoms with Gasteiger partial charge in [-0.25, -0.2) is 28.4 Å². The molecule has 10 heteroatoms. The first-order chi connectivity index (χ1) is 13.8. The Kier molecular flexibility index (Phi) is 6.43. The first-order valence-electron chi connectivity index (χ1n) is 9.45. The van der Waals surface area contributed by atoms with Gasteiger partial charge in [-0.3, -0.25) is 0 Å². The zero-order valence-corrected chi connectivity index (χ0v) is 17.7. The summed E-state index contributed by atoms with van der Waals surface area (Å²) in [5.41, 5.74) is 9.62. The minimum absolute atomic E-state index is 0.00124. The molecule has 0 aliphatic heterocycles. The van der Waals surface area contributed by atoms with Crippen molar-refractivity contribution in [2.45, 2.75) is 44.8 Å². The Morgan fingerprint density at radius 1 is 1.14 bits per heavy atom. The second-order valence-corrected chi connectivity index (χ2v) is 8.89. The summed E-state index contributed by atoms with van der Waals surface area (Å²) < 4.78 is 32.1. The highest BCUT2D eigenvalue weighted by Crippen LogP contribution is 2.26. The van der Waals surface area contributed by atoms with Gasteiger partial charge < -0.3 is 15.0 Å². The number of ether oxygens (including phenoxy) is 1. The van der Waals surface area contributed by atoms with Gasteiger partial charge in [-0.1, -0.05) is 0 Å². The fourth-order valence-electron chi connectivity index (χ4n) is 3.27. The van der Waals surface area contributed by atoms with Crippen LogP contribution in [0.1, 0.15) is 29.9 Å². The predicted octanol–water partition coefficient (Wildman–Crippen LogP) is 1.86. The average Bonchev–Trinajstić information content (AvgIpc) is 3.07. The molecule has 0 aliphatic carbocycles. The number of aromatic nitrogens is 5. The van der Waals surface area contributed by atoms with Crippen LogP contribution in [0, 0.1) is 13.8 Å². The van der Waals surface area contributed by atoms with Crippen molar-refractivity contribution >= 4 is 26.7 Å². The molecule has 3 aromatic rings. The summed E-state index contributed by atoms with van der Waals surface area (Å²) in [6.07, 6.45) is 4.66. The van der Waals surface area contributed by atoms with Crippen LogP contribution in [0.2, 0.25) is 0 Å². The molecule has 0 aliphatic rings. The van der Waals surface area contributed by atoms with Gasteiger partial charge in [-0.2, -0.15) is 0 Å². The van der Waals surface area contributed by atoms with Crippen molar-refractivity contribution in [2.24, 2.45) is 0 Å². The number of hydrogen-bond donors (Lipinski definition) is 1. The Morgan fingerprint density at radius 2 is 1.86 bits per heavy atom. The summed E-state index contributed by atoms with van der Waals surface area (Å²) in [5.74, 6) is 1.27. The van der Waals surface area contributed by atoms with E-state index in [2.05, 4.69) is 24.5 Å². The lowest BCUT2D eigenvalue weighted by molar-refractivity contribution is 0.199. The molecule has 3 heterocycles. The molecule has 0 saturated carbocycles. The maximum absolute atomic E-state index is 12.4. The molecule has 2 N–H and O–H groups in total. The maximum atomic E-state index is 12.4. The molecule has 0 unspecified atom stereocenters. The monoisotopic (exact) mass is 418 g/mol. The van der Waals surface area contributed by atoms with Crippen molar-refractivity contribution in [3.8, 4) is 0 Å². The Hall–Kier alpha value is -2.59. The summed E-state index contributed by atoms with van der Waals surface area (Å²) in [5, 5.41) is -0.126. The van der Waals surface area contributed by atoms with Crippen LogP contribution in [0.4, 0.5) is 5.82 Å². The number of rotatable bonds is 9. The van der Waals surface area contributed by atoms with E-state index in [9.17, 15) is 8.42 Å². The van der Waals surface area contributed by atoms with E-state index in [0.29, 0.717) is 43.7 Å². The highest BCUT2D eigenvalue weighted by atomic mass is 32.2. The summed E-state index contributed by atoms with van der Waals surface area (Å²) in [6, 6.07) is 1.59. The Morgan fingerprint density at radius 3 is 2.55 bits per heavy atom. The lowest BCUT2D eigenvalue weighted by Gasteiger charge is -2.12. The van der Waals surface area contributed by atoms with Crippen LogP contribution in [0.5, 0.6) is 0 Å². The molecule has 0 fully saturated rings. The highest BCUT2D eigenvalue weighted by molar-refractivity contribution is 7.91. The average molecular weight is 419 g/mol. The summed E-state index contributed by atoms with van der Waals surface area (Å²) >= 11 is 0. The number of imidazole rings is 1. The normalized spacial score (nSPS) is 12.0. The molecule has 156 valence electrons. The first kappa shape index (κ1) is 21.1. The number of unbranched alkanes of at least 4 members (excludes halogenated alkanes) is 1. The van der Waals surface area contributed by atoms with Crippen LogP contribution >= 0.6 is 0 Å². The number of aryl methyl sites for hydroxylation is 3. The highest BCUT2D eigenvalue weighted by Gasteiger charge is 2.19. The Labute approximate surface area is 170 Å². The van der Waals surface area contributed by atoms with Gasteiger partial charge in [0.1, 0.15) is 11.3 Å². The second-order valence-electron chi connectivity index (χ2n) is 6.88. The number of nitrogens with zero attached hydrogens (tertiary/aromatic N) is 5. The molecule has 3 aromatic heterocycles. The fraction of sp³-hybridized carbons (Fsp3) is 0.474. The number of pyridine rings is 1. The summed E-state index contributed by atoms with van der Waals surface area (Å²) in [4.78, 5) is 16.8. The third-order valence-corrected chi connectivity index (χ3v) is 6.46. The molecule has 9 nitrogen and oxygen atoms in total. The largest absolute Gasteiger partial charge is 0.384 e. The zero-order chi connectivity index (χ0) is 21.0. The van der Waals surface area contributed by atoms with Gasteiger partial charge in [0.15, 0.2) is 5.82 Å². The van der Waals surface area contributed by atoms with E-state index < -0.39 is 9.84 Å². The van der Waals surface area contributed by atoms with Crippen LogP contribution in [-0.4, -0.2) is 52.4 Å². The quantitative estimate of drug-likeness (QED) is 0.412. The van der Waals surface area contributed by atoms with Gasteiger partial charge in [0, 0.05) is 38.2 Å². The van der Waals surface area contributed by atoms with E-state index in [1.165, 1.54) is 12.4 Å². The lowest BCUT2D eigenvalue weighted by Crippen LogP contribution is -2.12. The molecule has 0 saturated heterocycles. The number of fused-ring (bicyclic) bond motifs is 1. The number of nitrogen functional groups attached to an aromatic ring is 1. The smallest absolute Gasteiger partial charge is 0.246 e. The summed E-state index contributed by atoms with van der Waals surface area (Å²) in [7, 11) is -1.84. The van der Waals surface area contributed by atoms with E-state index in [1.54, 1.807) is 13.2 Å². The van der Waals surface area contributed by atoms with Gasteiger partial charge in [0.05, 0.1) is 17.9 Å². The lowest BCUT2D eigenvalue weighted by atomic mass is 10.2. The van der Waals surface area contributed by atoms with Crippen molar-refractivity contribution in [1.82, 2.24) is 24.5 Å². The van der Waals surface area contributed by atoms with E-state index in [4.69, 9.17) is 10.5 Å². The van der Waals surface area contributed by atoms with Gasteiger partial charge in [0.25, 0.3) is 0 Å². The molecular weight excluding hydrogens is 392 g/mol. The van der Waals surface area contributed by atoms with Crippen molar-refractivity contribution in [2.75, 3.05) is 25.2 Å². The van der Waals surface area contributed by atoms with Gasteiger partial charge in [-0.05, 0) is 38.3 Å². The molecule has 29 heavy (non-hydrogen) atoms.